The highest BCUT2D eigenvalue weighted by atomic mass is 19.1. The van der Waals surface area contributed by atoms with E-state index >= 15 is 0 Å². The van der Waals surface area contributed by atoms with Crippen molar-refractivity contribution >= 4 is 17.7 Å². The molecule has 8 heteroatoms. The molecule has 20 heavy (non-hydrogen) atoms. The maximum absolute atomic E-state index is 14.1. The molecule has 2 rings (SSSR count). The van der Waals surface area contributed by atoms with Crippen molar-refractivity contribution in [1.82, 2.24) is 15.1 Å². The number of aryl methyl sites for hydroxylation is 1. The maximum Gasteiger partial charge on any atom is 0.328 e. The molecule has 2 N–H and O–H groups in total. The molecule has 0 radical (unpaired) electrons. The summed E-state index contributed by atoms with van der Waals surface area (Å²) in [5.41, 5.74) is -0.144. The van der Waals surface area contributed by atoms with Gasteiger partial charge in [0.2, 0.25) is 0 Å². The minimum atomic E-state index is -0.713. The zero-order valence-electron chi connectivity index (χ0n) is 11.1. The highest BCUT2D eigenvalue weighted by Gasteiger charge is 2.17. The van der Waals surface area contributed by atoms with Crippen molar-refractivity contribution in [3.05, 3.63) is 29.5 Å². The molecule has 0 spiro atoms. The van der Waals surface area contributed by atoms with E-state index in [9.17, 15) is 9.18 Å². The summed E-state index contributed by atoms with van der Waals surface area (Å²) in [4.78, 5) is 19.6. The molecule has 0 bridgehead atoms. The largest absolute Gasteiger partial charge is 0.368 e. The number of nitrogens with zero attached hydrogens (tertiary/aromatic N) is 3. The molecule has 0 fully saturated rings. The van der Waals surface area contributed by atoms with E-state index < -0.39 is 11.7 Å². The minimum absolute atomic E-state index is 0.0428. The van der Waals surface area contributed by atoms with Crippen LogP contribution in [0.2, 0.25) is 0 Å². The first-order valence-electron chi connectivity index (χ1n) is 6.12. The molecule has 1 amide bonds. The molecule has 2 aromatic rings. The molecule has 0 aliphatic rings. The lowest BCUT2D eigenvalue weighted by Gasteiger charge is -2.08. The third-order valence-electron chi connectivity index (χ3n) is 2.42. The molecule has 0 aliphatic carbocycles. The molecule has 7 nitrogen and oxygen atoms in total. The van der Waals surface area contributed by atoms with E-state index in [2.05, 4.69) is 25.8 Å². The molecule has 0 aliphatic heterocycles. The topological polar surface area (TPSA) is 92.9 Å². The van der Waals surface area contributed by atoms with Gasteiger partial charge in [0.1, 0.15) is 0 Å². The Morgan fingerprint density at radius 3 is 2.95 bits per heavy atom. The summed E-state index contributed by atoms with van der Waals surface area (Å²) in [5, 5.41) is 8.66. The van der Waals surface area contributed by atoms with E-state index in [-0.39, 0.29) is 17.4 Å². The van der Waals surface area contributed by atoms with Crippen LogP contribution in [0.3, 0.4) is 0 Å². The lowest BCUT2D eigenvalue weighted by Crippen LogP contribution is -2.16. The van der Waals surface area contributed by atoms with Gasteiger partial charge in [0.05, 0.1) is 5.56 Å². The van der Waals surface area contributed by atoms with Gasteiger partial charge in [0.25, 0.3) is 5.91 Å². The maximum atomic E-state index is 14.1. The van der Waals surface area contributed by atoms with Crippen LogP contribution in [0.15, 0.2) is 16.8 Å². The Morgan fingerprint density at radius 2 is 2.30 bits per heavy atom. The van der Waals surface area contributed by atoms with E-state index in [0.717, 1.165) is 6.42 Å². The number of hydrogen-bond donors (Lipinski definition) is 2. The number of carbonyl (C=O) groups is 1. The van der Waals surface area contributed by atoms with Gasteiger partial charge in [-0.05, 0) is 19.4 Å². The number of hydrogen-bond acceptors (Lipinski definition) is 6. The molecule has 0 saturated heterocycles. The highest BCUT2D eigenvalue weighted by Crippen LogP contribution is 2.16. The number of halogens is 1. The van der Waals surface area contributed by atoms with Crippen molar-refractivity contribution in [3.63, 3.8) is 0 Å². The Labute approximate surface area is 114 Å². The smallest absolute Gasteiger partial charge is 0.328 e. The van der Waals surface area contributed by atoms with E-state index in [0.29, 0.717) is 12.4 Å². The number of rotatable bonds is 5. The number of carbonyl (C=O) groups excluding carboxylic acids is 1. The summed E-state index contributed by atoms with van der Waals surface area (Å²) in [7, 11) is 0. The Balaban J connectivity index is 2.17. The lowest BCUT2D eigenvalue weighted by atomic mass is 10.2. The minimum Gasteiger partial charge on any atom is -0.368 e. The van der Waals surface area contributed by atoms with Crippen LogP contribution in [-0.2, 0) is 0 Å². The average molecular weight is 279 g/mol. The third-order valence-corrected chi connectivity index (χ3v) is 2.42. The normalized spacial score (nSPS) is 10.3. The second kappa shape index (κ2) is 6.09. The fourth-order valence-electron chi connectivity index (χ4n) is 1.50. The van der Waals surface area contributed by atoms with Crippen LogP contribution in [-0.4, -0.2) is 27.6 Å². The highest BCUT2D eigenvalue weighted by molar-refractivity contribution is 6.03. The number of amides is 1. The number of anilines is 2. The summed E-state index contributed by atoms with van der Waals surface area (Å²) < 4.78 is 18.8. The van der Waals surface area contributed by atoms with Gasteiger partial charge >= 0.3 is 6.01 Å². The van der Waals surface area contributed by atoms with Crippen LogP contribution in [0.5, 0.6) is 0 Å². The monoisotopic (exact) mass is 279 g/mol. The molecular weight excluding hydrogens is 265 g/mol. The van der Waals surface area contributed by atoms with Crippen LogP contribution < -0.4 is 10.6 Å². The van der Waals surface area contributed by atoms with Crippen LogP contribution in [0.25, 0.3) is 0 Å². The molecule has 0 unspecified atom stereocenters. The van der Waals surface area contributed by atoms with Crippen LogP contribution >= 0.6 is 0 Å². The zero-order chi connectivity index (χ0) is 14.5. The zero-order valence-corrected chi connectivity index (χ0v) is 11.1. The van der Waals surface area contributed by atoms with E-state index in [1.165, 1.54) is 12.3 Å². The number of aromatic nitrogens is 3. The second-order valence-corrected chi connectivity index (χ2v) is 4.05. The SMILES string of the molecule is CCCNc1nccc(C(=O)Nc2nc(C)no2)c1F. The first-order chi connectivity index (χ1) is 9.61. The van der Waals surface area contributed by atoms with Gasteiger partial charge in [-0.1, -0.05) is 12.1 Å². The summed E-state index contributed by atoms with van der Waals surface area (Å²) >= 11 is 0. The molecule has 106 valence electrons. The third kappa shape index (κ3) is 3.08. The summed E-state index contributed by atoms with van der Waals surface area (Å²) in [6.07, 6.45) is 2.17. The summed E-state index contributed by atoms with van der Waals surface area (Å²) in [6.45, 7) is 4.12. The van der Waals surface area contributed by atoms with Crippen LogP contribution in [0.4, 0.5) is 16.2 Å². The van der Waals surface area contributed by atoms with Gasteiger partial charge in [-0.15, -0.1) is 0 Å². The van der Waals surface area contributed by atoms with Gasteiger partial charge in [-0.25, -0.2) is 9.37 Å². The van der Waals surface area contributed by atoms with Crippen LogP contribution in [0, 0.1) is 12.7 Å². The predicted octanol–water partition coefficient (Wildman–Crippen LogP) is 1.99. The fourth-order valence-corrected chi connectivity index (χ4v) is 1.50. The van der Waals surface area contributed by atoms with Crippen molar-refractivity contribution in [2.45, 2.75) is 20.3 Å². The molecule has 2 heterocycles. The second-order valence-electron chi connectivity index (χ2n) is 4.05. The lowest BCUT2D eigenvalue weighted by molar-refractivity contribution is 0.101. The molecule has 0 atom stereocenters. The number of pyridine rings is 1. The van der Waals surface area contributed by atoms with Gasteiger partial charge < -0.3 is 9.84 Å². The first kappa shape index (κ1) is 13.9. The Hall–Kier alpha value is -2.51. The van der Waals surface area contributed by atoms with Crippen molar-refractivity contribution in [3.8, 4) is 0 Å². The standard InChI is InChI=1S/C12H14FN5O2/c1-3-5-14-10-9(13)8(4-6-15-10)11(19)17-12-16-7(2)18-20-12/h4,6H,3,5H2,1-2H3,(H,14,15)(H,16,17,18,19). The Bertz CT molecular complexity index is 614. The number of nitrogens with one attached hydrogen (secondary N) is 2. The van der Waals surface area contributed by atoms with Crippen molar-refractivity contribution in [2.24, 2.45) is 0 Å². The van der Waals surface area contributed by atoms with Gasteiger partial charge in [-0.3, -0.25) is 10.1 Å². The Kier molecular flexibility index (Phi) is 4.24. The summed E-state index contributed by atoms with van der Waals surface area (Å²) in [6, 6.07) is 1.21. The van der Waals surface area contributed by atoms with Crippen molar-refractivity contribution < 1.29 is 13.7 Å². The van der Waals surface area contributed by atoms with Gasteiger partial charge in [-0.2, -0.15) is 4.98 Å². The quantitative estimate of drug-likeness (QED) is 0.869. The molecule has 2 aromatic heterocycles. The van der Waals surface area contributed by atoms with Crippen molar-refractivity contribution in [2.75, 3.05) is 17.2 Å². The van der Waals surface area contributed by atoms with Crippen molar-refractivity contribution in [1.29, 1.82) is 0 Å². The van der Waals surface area contributed by atoms with E-state index in [1.54, 1.807) is 6.92 Å². The predicted molar refractivity (Wildman–Crippen MR) is 70.0 cm³/mol. The van der Waals surface area contributed by atoms with Gasteiger partial charge in [0.15, 0.2) is 17.5 Å². The fraction of sp³-hybridized carbons (Fsp3) is 0.333. The molecule has 0 saturated carbocycles. The first-order valence-corrected chi connectivity index (χ1v) is 6.12. The molecule has 0 aromatic carbocycles. The van der Waals surface area contributed by atoms with E-state index in [4.69, 9.17) is 4.52 Å². The van der Waals surface area contributed by atoms with Crippen LogP contribution in [0.1, 0.15) is 29.5 Å². The van der Waals surface area contributed by atoms with Gasteiger partial charge in [0, 0.05) is 12.7 Å². The Morgan fingerprint density at radius 1 is 1.50 bits per heavy atom. The van der Waals surface area contributed by atoms with E-state index in [1.807, 2.05) is 6.92 Å². The summed E-state index contributed by atoms with van der Waals surface area (Å²) in [5.74, 6) is -0.968. The molecular formula is C12H14FN5O2. The average Bonchev–Trinajstić information content (AvgIpc) is 2.83.